The largest absolute Gasteiger partial charge is 0.399 e. The van der Waals surface area contributed by atoms with Crippen LogP contribution in [0.25, 0.3) is 0 Å². The molecule has 100 valence electrons. The normalized spacial score (nSPS) is 10.5. The highest BCUT2D eigenvalue weighted by Crippen LogP contribution is 2.12. The summed E-state index contributed by atoms with van der Waals surface area (Å²) in [6.07, 6.45) is 0. The number of anilines is 2. The average molecular weight is 258 g/mol. The Morgan fingerprint density at radius 1 is 1.26 bits per heavy atom. The Morgan fingerprint density at radius 3 is 2.42 bits per heavy atom. The SMILES string of the molecule is Cc1nn(CC(=O)Nc2ccc(N)cc2)c(C)c1C. The molecule has 0 spiro atoms. The van der Waals surface area contributed by atoms with Gasteiger partial charge in [-0.15, -0.1) is 0 Å². The van der Waals surface area contributed by atoms with Crippen molar-refractivity contribution >= 4 is 17.3 Å². The smallest absolute Gasteiger partial charge is 0.246 e. The number of benzene rings is 1. The molecule has 2 rings (SSSR count). The van der Waals surface area contributed by atoms with Crippen LogP contribution in [0.1, 0.15) is 17.0 Å². The highest BCUT2D eigenvalue weighted by atomic mass is 16.2. The number of hydrogen-bond acceptors (Lipinski definition) is 3. The van der Waals surface area contributed by atoms with Gasteiger partial charge in [-0.3, -0.25) is 9.48 Å². The first-order chi connectivity index (χ1) is 8.97. The van der Waals surface area contributed by atoms with Gasteiger partial charge in [0, 0.05) is 17.1 Å². The summed E-state index contributed by atoms with van der Waals surface area (Å²) in [5.74, 6) is -0.102. The predicted octanol–water partition coefficient (Wildman–Crippen LogP) is 2.03. The number of aryl methyl sites for hydroxylation is 1. The van der Waals surface area contributed by atoms with Gasteiger partial charge in [-0.05, 0) is 50.6 Å². The molecule has 1 aromatic heterocycles. The Morgan fingerprint density at radius 2 is 1.89 bits per heavy atom. The molecule has 0 atom stereocenters. The summed E-state index contributed by atoms with van der Waals surface area (Å²) in [6, 6.07) is 7.06. The minimum atomic E-state index is -0.102. The molecule has 0 bridgehead atoms. The van der Waals surface area contributed by atoms with Gasteiger partial charge >= 0.3 is 0 Å². The van der Waals surface area contributed by atoms with Crippen LogP contribution in [0.2, 0.25) is 0 Å². The molecule has 5 nitrogen and oxygen atoms in total. The molecule has 0 aliphatic heterocycles. The molecule has 1 heterocycles. The number of carbonyl (C=O) groups excluding carboxylic acids is 1. The number of nitrogens with two attached hydrogens (primary N) is 1. The Hall–Kier alpha value is -2.30. The third-order valence-electron chi connectivity index (χ3n) is 3.23. The molecule has 5 heteroatoms. The maximum absolute atomic E-state index is 11.9. The van der Waals surface area contributed by atoms with Crippen molar-refractivity contribution in [3.63, 3.8) is 0 Å². The summed E-state index contributed by atoms with van der Waals surface area (Å²) >= 11 is 0. The molecular formula is C14H18N4O. The van der Waals surface area contributed by atoms with Crippen LogP contribution in [0.3, 0.4) is 0 Å². The Labute approximate surface area is 112 Å². The molecule has 19 heavy (non-hydrogen) atoms. The van der Waals surface area contributed by atoms with E-state index < -0.39 is 0 Å². The van der Waals surface area contributed by atoms with Gasteiger partial charge in [0.25, 0.3) is 0 Å². The second-order valence-electron chi connectivity index (χ2n) is 4.62. The van der Waals surface area contributed by atoms with Gasteiger partial charge in [-0.1, -0.05) is 0 Å². The third kappa shape index (κ3) is 2.93. The first-order valence-electron chi connectivity index (χ1n) is 6.13. The monoisotopic (exact) mass is 258 g/mol. The van der Waals surface area contributed by atoms with Crippen LogP contribution in [0.15, 0.2) is 24.3 Å². The molecule has 0 aliphatic rings. The molecule has 0 aliphatic carbocycles. The van der Waals surface area contributed by atoms with Crippen LogP contribution >= 0.6 is 0 Å². The summed E-state index contributed by atoms with van der Waals surface area (Å²) in [5.41, 5.74) is 10.1. The van der Waals surface area contributed by atoms with Crippen LogP contribution < -0.4 is 11.1 Å². The summed E-state index contributed by atoms with van der Waals surface area (Å²) in [5, 5.41) is 7.16. The van der Waals surface area contributed by atoms with Crippen molar-refractivity contribution in [2.24, 2.45) is 0 Å². The van der Waals surface area contributed by atoms with Gasteiger partial charge in [0.2, 0.25) is 5.91 Å². The van der Waals surface area contributed by atoms with Crippen molar-refractivity contribution in [2.45, 2.75) is 27.3 Å². The average Bonchev–Trinajstić information content (AvgIpc) is 2.60. The standard InChI is InChI=1S/C14H18N4O/c1-9-10(2)17-18(11(9)3)8-14(19)16-13-6-4-12(15)5-7-13/h4-7H,8,15H2,1-3H3,(H,16,19). The van der Waals surface area contributed by atoms with E-state index in [0.717, 1.165) is 22.6 Å². The molecule has 3 N–H and O–H groups in total. The first kappa shape index (κ1) is 13.1. The van der Waals surface area contributed by atoms with E-state index in [1.807, 2.05) is 20.8 Å². The molecule has 0 fully saturated rings. The zero-order chi connectivity index (χ0) is 14.0. The number of nitrogens with one attached hydrogen (secondary N) is 1. The lowest BCUT2D eigenvalue weighted by molar-refractivity contribution is -0.116. The van der Waals surface area contributed by atoms with Gasteiger partial charge < -0.3 is 11.1 Å². The quantitative estimate of drug-likeness (QED) is 0.827. The second-order valence-corrected chi connectivity index (χ2v) is 4.62. The molecule has 1 amide bonds. The van der Waals surface area contributed by atoms with E-state index in [2.05, 4.69) is 10.4 Å². The van der Waals surface area contributed by atoms with Gasteiger partial charge in [0.1, 0.15) is 6.54 Å². The zero-order valence-electron chi connectivity index (χ0n) is 11.4. The Bertz CT molecular complexity index is 599. The number of carbonyl (C=O) groups is 1. The summed E-state index contributed by atoms with van der Waals surface area (Å²) in [7, 11) is 0. The highest BCUT2D eigenvalue weighted by Gasteiger charge is 2.10. The van der Waals surface area contributed by atoms with Gasteiger partial charge in [-0.25, -0.2) is 0 Å². The van der Waals surface area contributed by atoms with Gasteiger partial charge in [-0.2, -0.15) is 5.10 Å². The number of aromatic nitrogens is 2. The van der Waals surface area contributed by atoms with Gasteiger partial charge in [0.05, 0.1) is 5.69 Å². The van der Waals surface area contributed by atoms with E-state index in [0.29, 0.717) is 5.69 Å². The molecule has 0 unspecified atom stereocenters. The number of hydrogen-bond donors (Lipinski definition) is 2. The van der Waals surface area contributed by atoms with Crippen LogP contribution in [0.5, 0.6) is 0 Å². The third-order valence-corrected chi connectivity index (χ3v) is 3.23. The number of rotatable bonds is 3. The minimum Gasteiger partial charge on any atom is -0.399 e. The topological polar surface area (TPSA) is 72.9 Å². The maximum atomic E-state index is 11.9. The van der Waals surface area contributed by atoms with Crippen LogP contribution in [0, 0.1) is 20.8 Å². The van der Waals surface area contributed by atoms with E-state index in [-0.39, 0.29) is 12.5 Å². The molecular weight excluding hydrogens is 240 g/mol. The fourth-order valence-corrected chi connectivity index (χ4v) is 1.84. The summed E-state index contributed by atoms with van der Waals surface area (Å²) in [6.45, 7) is 6.12. The highest BCUT2D eigenvalue weighted by molar-refractivity contribution is 5.90. The predicted molar refractivity (Wildman–Crippen MR) is 75.9 cm³/mol. The van der Waals surface area contributed by atoms with Gasteiger partial charge in [0.15, 0.2) is 0 Å². The van der Waals surface area contributed by atoms with Crippen molar-refractivity contribution in [1.29, 1.82) is 0 Å². The van der Waals surface area contributed by atoms with E-state index in [1.165, 1.54) is 0 Å². The van der Waals surface area contributed by atoms with E-state index >= 15 is 0 Å². The lowest BCUT2D eigenvalue weighted by Gasteiger charge is -2.07. The van der Waals surface area contributed by atoms with Crippen molar-refractivity contribution in [2.75, 3.05) is 11.1 Å². The van der Waals surface area contributed by atoms with E-state index in [1.54, 1.807) is 28.9 Å². The number of nitrogens with zero attached hydrogens (tertiary/aromatic N) is 2. The fraction of sp³-hybridized carbons (Fsp3) is 0.286. The van der Waals surface area contributed by atoms with E-state index in [9.17, 15) is 4.79 Å². The fourth-order valence-electron chi connectivity index (χ4n) is 1.84. The van der Waals surface area contributed by atoms with E-state index in [4.69, 9.17) is 5.73 Å². The molecule has 0 saturated carbocycles. The lowest BCUT2D eigenvalue weighted by Crippen LogP contribution is -2.20. The minimum absolute atomic E-state index is 0.102. The molecule has 1 aromatic carbocycles. The Kier molecular flexibility index (Phi) is 3.55. The first-order valence-corrected chi connectivity index (χ1v) is 6.13. The lowest BCUT2D eigenvalue weighted by atomic mass is 10.2. The van der Waals surface area contributed by atoms with Crippen LogP contribution in [0.4, 0.5) is 11.4 Å². The van der Waals surface area contributed by atoms with Crippen LogP contribution in [-0.2, 0) is 11.3 Å². The summed E-state index contributed by atoms with van der Waals surface area (Å²) in [4.78, 5) is 11.9. The summed E-state index contributed by atoms with van der Waals surface area (Å²) < 4.78 is 1.72. The zero-order valence-corrected chi connectivity index (χ0v) is 11.4. The maximum Gasteiger partial charge on any atom is 0.246 e. The molecule has 0 radical (unpaired) electrons. The van der Waals surface area contributed by atoms with Crippen molar-refractivity contribution in [3.05, 3.63) is 41.2 Å². The molecule has 2 aromatic rings. The van der Waals surface area contributed by atoms with Crippen molar-refractivity contribution < 1.29 is 4.79 Å². The number of nitrogen functional groups attached to an aromatic ring is 1. The molecule has 0 saturated heterocycles. The van der Waals surface area contributed by atoms with Crippen molar-refractivity contribution in [1.82, 2.24) is 9.78 Å². The van der Waals surface area contributed by atoms with Crippen LogP contribution in [-0.4, -0.2) is 15.7 Å². The van der Waals surface area contributed by atoms with Crippen molar-refractivity contribution in [3.8, 4) is 0 Å². The number of amides is 1. The second kappa shape index (κ2) is 5.14. The Balaban J connectivity index is 2.05.